The number of carbonyl (C=O) groups excluding carboxylic acids is 1. The van der Waals surface area contributed by atoms with E-state index >= 15 is 0 Å². The van der Waals surface area contributed by atoms with Gasteiger partial charge >= 0.3 is 5.97 Å². The van der Waals surface area contributed by atoms with Crippen LogP contribution in [0.15, 0.2) is 0 Å². The predicted molar refractivity (Wildman–Crippen MR) is 91.4 cm³/mol. The minimum absolute atomic E-state index is 0.0870. The van der Waals surface area contributed by atoms with Crippen LogP contribution in [0.5, 0.6) is 0 Å². The maximum absolute atomic E-state index is 12.7. The van der Waals surface area contributed by atoms with E-state index in [2.05, 4.69) is 6.92 Å². The fraction of sp³-hybridized carbons (Fsp3) is 0.900. The zero-order valence-corrected chi connectivity index (χ0v) is 15.3. The molecule has 0 aromatic carbocycles. The molecule has 3 fully saturated rings. The highest BCUT2D eigenvalue weighted by Gasteiger charge is 2.59. The van der Waals surface area contributed by atoms with Crippen LogP contribution >= 0.6 is 0 Å². The number of aliphatic hydroxyl groups is 1. The summed E-state index contributed by atoms with van der Waals surface area (Å²) in [4.78, 5) is 23.8. The Kier molecular flexibility index (Phi) is 4.57. The minimum Gasteiger partial charge on any atom is -0.481 e. The van der Waals surface area contributed by atoms with Crippen LogP contribution in [-0.2, 0) is 9.59 Å². The summed E-state index contributed by atoms with van der Waals surface area (Å²) in [5, 5.41) is 19.3. The second kappa shape index (κ2) is 6.12. The molecule has 4 heteroatoms. The summed E-state index contributed by atoms with van der Waals surface area (Å²) in [5.41, 5.74) is -0.283. The molecular weight excluding hydrogens is 304 g/mol. The van der Waals surface area contributed by atoms with Crippen LogP contribution in [0.2, 0.25) is 0 Å². The largest absolute Gasteiger partial charge is 0.481 e. The number of carboxylic acid groups (broad SMARTS) is 1. The van der Waals surface area contributed by atoms with Gasteiger partial charge in [-0.3, -0.25) is 9.59 Å². The van der Waals surface area contributed by atoms with Crippen molar-refractivity contribution >= 4 is 11.8 Å². The van der Waals surface area contributed by atoms with Gasteiger partial charge in [0, 0.05) is 18.3 Å². The van der Waals surface area contributed by atoms with E-state index in [1.54, 1.807) is 0 Å². The van der Waals surface area contributed by atoms with Crippen molar-refractivity contribution < 1.29 is 19.8 Å². The van der Waals surface area contributed by atoms with E-state index in [4.69, 9.17) is 5.11 Å². The molecule has 3 aliphatic rings. The lowest BCUT2D eigenvalue weighted by Gasteiger charge is -2.56. The van der Waals surface area contributed by atoms with Crippen molar-refractivity contribution in [1.29, 1.82) is 0 Å². The summed E-state index contributed by atoms with van der Waals surface area (Å²) in [6.07, 6.45) is 6.16. The number of Topliss-reactive ketones (excluding diaryl/α,β-unsaturated/α-hetero) is 1. The Morgan fingerprint density at radius 1 is 1.21 bits per heavy atom. The van der Waals surface area contributed by atoms with Gasteiger partial charge in [-0.15, -0.1) is 0 Å². The Bertz CT molecular complexity index is 528. The van der Waals surface area contributed by atoms with Gasteiger partial charge in [-0.2, -0.15) is 0 Å². The summed E-state index contributed by atoms with van der Waals surface area (Å²) < 4.78 is 0. The normalized spacial score (nSPS) is 46.2. The topological polar surface area (TPSA) is 74.6 Å². The third kappa shape index (κ3) is 2.61. The fourth-order valence-electron chi connectivity index (χ4n) is 6.80. The van der Waals surface area contributed by atoms with E-state index in [9.17, 15) is 14.7 Å². The average molecular weight is 336 g/mol. The Hall–Kier alpha value is -0.900. The van der Waals surface area contributed by atoms with Gasteiger partial charge in [0.05, 0.1) is 6.10 Å². The highest BCUT2D eigenvalue weighted by molar-refractivity contribution is 5.86. The van der Waals surface area contributed by atoms with Gasteiger partial charge in [0.15, 0.2) is 0 Å². The second-order valence-corrected chi connectivity index (χ2v) is 9.12. The first-order valence-corrected chi connectivity index (χ1v) is 9.63. The Morgan fingerprint density at radius 3 is 2.54 bits per heavy atom. The first-order chi connectivity index (χ1) is 11.2. The van der Waals surface area contributed by atoms with Gasteiger partial charge < -0.3 is 10.2 Å². The first kappa shape index (κ1) is 17.9. The fourth-order valence-corrected chi connectivity index (χ4v) is 6.80. The van der Waals surface area contributed by atoms with Crippen LogP contribution in [-0.4, -0.2) is 28.1 Å². The lowest BCUT2D eigenvalue weighted by molar-refractivity contribution is -0.149. The average Bonchev–Trinajstić information content (AvgIpc) is 2.86. The molecule has 0 radical (unpaired) electrons. The first-order valence-electron chi connectivity index (χ1n) is 9.63. The van der Waals surface area contributed by atoms with Crippen molar-refractivity contribution in [2.24, 2.45) is 34.5 Å². The van der Waals surface area contributed by atoms with Gasteiger partial charge in [-0.25, -0.2) is 0 Å². The maximum atomic E-state index is 12.7. The van der Waals surface area contributed by atoms with E-state index in [0.717, 1.165) is 32.1 Å². The van der Waals surface area contributed by atoms with Crippen LogP contribution < -0.4 is 0 Å². The van der Waals surface area contributed by atoms with Crippen molar-refractivity contribution in [2.45, 2.75) is 78.2 Å². The lowest BCUT2D eigenvalue weighted by Crippen LogP contribution is -2.53. The molecule has 136 valence electrons. The predicted octanol–water partition coefficient (Wildman–Crippen LogP) is 3.66. The lowest BCUT2D eigenvalue weighted by atomic mass is 9.48. The van der Waals surface area contributed by atoms with Crippen molar-refractivity contribution in [3.63, 3.8) is 0 Å². The number of aliphatic hydroxyl groups excluding tert-OH is 1. The van der Waals surface area contributed by atoms with E-state index < -0.39 is 11.4 Å². The van der Waals surface area contributed by atoms with E-state index in [0.29, 0.717) is 36.5 Å². The minimum atomic E-state index is -0.804. The summed E-state index contributed by atoms with van der Waals surface area (Å²) in [5.74, 6) is 1.26. The number of carbonyl (C=O) groups is 2. The Balaban J connectivity index is 1.86. The zero-order chi connectivity index (χ0) is 17.7. The molecule has 24 heavy (non-hydrogen) atoms. The second-order valence-electron chi connectivity index (χ2n) is 9.12. The van der Waals surface area contributed by atoms with Gasteiger partial charge in [-0.1, -0.05) is 13.8 Å². The molecule has 0 aromatic rings. The number of fused-ring (bicyclic) bond motifs is 3. The molecule has 2 N–H and O–H groups in total. The van der Waals surface area contributed by atoms with Crippen molar-refractivity contribution in [3.05, 3.63) is 0 Å². The molecule has 7 atom stereocenters. The van der Waals surface area contributed by atoms with E-state index in [1.807, 2.05) is 13.8 Å². The van der Waals surface area contributed by atoms with Gasteiger partial charge in [0.25, 0.3) is 0 Å². The molecular formula is C20H32O4. The Morgan fingerprint density at radius 2 is 1.92 bits per heavy atom. The molecule has 0 spiro atoms. The van der Waals surface area contributed by atoms with Crippen LogP contribution in [0, 0.1) is 34.5 Å². The number of hydrogen-bond donors (Lipinski definition) is 2. The molecule has 3 rings (SSSR count). The smallest absolute Gasteiger partial charge is 0.303 e. The van der Waals surface area contributed by atoms with Gasteiger partial charge in [-0.05, 0) is 74.5 Å². The Labute approximate surface area is 145 Å². The van der Waals surface area contributed by atoms with E-state index in [-0.39, 0.29) is 23.7 Å². The van der Waals surface area contributed by atoms with Crippen LogP contribution in [0.25, 0.3) is 0 Å². The molecule has 0 heterocycles. The van der Waals surface area contributed by atoms with Crippen LogP contribution in [0.4, 0.5) is 0 Å². The van der Waals surface area contributed by atoms with Gasteiger partial charge in [0.2, 0.25) is 0 Å². The monoisotopic (exact) mass is 336 g/mol. The summed E-state index contributed by atoms with van der Waals surface area (Å²) in [6.45, 7) is 6.30. The number of rotatable bonds is 4. The third-order valence-corrected chi connectivity index (χ3v) is 8.11. The SMILES string of the molecule is C[C@H](O)C1CCC2C3CCC(=O)C(C)(CCC(=O)O)C3CCC21C. The highest BCUT2D eigenvalue weighted by atomic mass is 16.4. The van der Waals surface area contributed by atoms with Crippen molar-refractivity contribution in [3.8, 4) is 0 Å². The van der Waals surface area contributed by atoms with Crippen LogP contribution in [0.3, 0.4) is 0 Å². The quantitative estimate of drug-likeness (QED) is 0.821. The molecule has 0 amide bonds. The molecule has 6 unspecified atom stereocenters. The van der Waals surface area contributed by atoms with Crippen LogP contribution in [0.1, 0.15) is 72.1 Å². The standard InChI is InChI=1S/C20H32O4/c1-12(21)14-5-6-15-13-4-7-17(22)20(3,11-9-18(23)24)16(13)8-10-19(14,15)2/h12-16,21H,4-11H2,1-3H3,(H,23,24)/t12-,13?,14?,15?,16?,19?,20?/m0/s1. The molecule has 0 aliphatic heterocycles. The highest BCUT2D eigenvalue weighted by Crippen LogP contribution is 2.65. The summed E-state index contributed by atoms with van der Waals surface area (Å²) >= 11 is 0. The van der Waals surface area contributed by atoms with Crippen molar-refractivity contribution in [1.82, 2.24) is 0 Å². The number of ketones is 1. The zero-order valence-electron chi connectivity index (χ0n) is 15.3. The molecule has 4 nitrogen and oxygen atoms in total. The molecule has 0 saturated heterocycles. The van der Waals surface area contributed by atoms with E-state index in [1.165, 1.54) is 0 Å². The number of hydrogen-bond acceptors (Lipinski definition) is 3. The molecule has 3 saturated carbocycles. The molecule has 0 bridgehead atoms. The number of carboxylic acids is 1. The molecule has 3 aliphatic carbocycles. The molecule has 0 aromatic heterocycles. The van der Waals surface area contributed by atoms with Gasteiger partial charge in [0.1, 0.15) is 5.78 Å². The summed E-state index contributed by atoms with van der Waals surface area (Å²) in [6, 6.07) is 0. The summed E-state index contributed by atoms with van der Waals surface area (Å²) in [7, 11) is 0. The maximum Gasteiger partial charge on any atom is 0.303 e. The third-order valence-electron chi connectivity index (χ3n) is 8.11. The van der Waals surface area contributed by atoms with Crippen molar-refractivity contribution in [2.75, 3.05) is 0 Å². The number of aliphatic carboxylic acids is 1.